The van der Waals surface area contributed by atoms with Crippen molar-refractivity contribution in [1.29, 1.82) is 0 Å². The predicted octanol–water partition coefficient (Wildman–Crippen LogP) is 2.74. The standard InChI is InChI=1S/C13H22N6O2S2/c1-6(2)10-16-12(20-18-10)8(14)5-22-23-9(15)13-17-11(7(3)4)19-21-13/h6-9H,5,14-15H2,1-4H3/t8-,9-/m0/s1. The molecular weight excluding hydrogens is 336 g/mol. The zero-order valence-electron chi connectivity index (χ0n) is 13.6. The van der Waals surface area contributed by atoms with E-state index in [0.29, 0.717) is 29.2 Å². The number of rotatable bonds is 8. The van der Waals surface area contributed by atoms with Crippen molar-refractivity contribution in [3.05, 3.63) is 23.4 Å². The number of hydrogen-bond acceptors (Lipinski definition) is 10. The Labute approximate surface area is 142 Å². The number of nitrogens with two attached hydrogens (primary N) is 2. The topological polar surface area (TPSA) is 130 Å². The monoisotopic (exact) mass is 358 g/mol. The Balaban J connectivity index is 1.80. The van der Waals surface area contributed by atoms with E-state index < -0.39 is 5.37 Å². The SMILES string of the molecule is CC(C)c1noc([C@@H](N)CSS[C@H](N)c2nc(C(C)C)no2)n1. The highest BCUT2D eigenvalue weighted by molar-refractivity contribution is 8.76. The molecule has 2 rings (SSSR count). The molecule has 0 aliphatic rings. The Morgan fingerprint density at radius 1 is 0.913 bits per heavy atom. The Kier molecular flexibility index (Phi) is 6.45. The number of nitrogens with zero attached hydrogens (tertiary/aromatic N) is 4. The van der Waals surface area contributed by atoms with Gasteiger partial charge >= 0.3 is 0 Å². The van der Waals surface area contributed by atoms with Crippen LogP contribution in [0.2, 0.25) is 0 Å². The summed E-state index contributed by atoms with van der Waals surface area (Å²) in [7, 11) is 2.92. The van der Waals surface area contributed by atoms with Gasteiger partial charge in [0.2, 0.25) is 5.89 Å². The van der Waals surface area contributed by atoms with Gasteiger partial charge in [0.25, 0.3) is 5.89 Å². The third kappa shape index (κ3) is 4.93. The van der Waals surface area contributed by atoms with E-state index >= 15 is 0 Å². The predicted molar refractivity (Wildman–Crippen MR) is 90.7 cm³/mol. The average Bonchev–Trinajstić information content (AvgIpc) is 3.16. The second kappa shape index (κ2) is 8.13. The lowest BCUT2D eigenvalue weighted by Gasteiger charge is -2.08. The molecule has 2 aromatic heterocycles. The van der Waals surface area contributed by atoms with Gasteiger partial charge in [-0.05, 0) is 0 Å². The molecule has 10 heteroatoms. The third-order valence-electron chi connectivity index (χ3n) is 2.93. The molecule has 0 bridgehead atoms. The van der Waals surface area contributed by atoms with Gasteiger partial charge in [-0.1, -0.05) is 59.6 Å². The Morgan fingerprint density at radius 3 is 1.96 bits per heavy atom. The molecule has 2 aromatic rings. The second-order valence-corrected chi connectivity index (χ2v) is 8.25. The van der Waals surface area contributed by atoms with Gasteiger partial charge in [-0.3, -0.25) is 0 Å². The van der Waals surface area contributed by atoms with Crippen LogP contribution in [0.3, 0.4) is 0 Å². The van der Waals surface area contributed by atoms with E-state index in [1.165, 1.54) is 21.6 Å². The first-order valence-electron chi connectivity index (χ1n) is 7.35. The van der Waals surface area contributed by atoms with E-state index in [9.17, 15) is 0 Å². The fourth-order valence-electron chi connectivity index (χ4n) is 1.53. The summed E-state index contributed by atoms with van der Waals surface area (Å²) in [6.07, 6.45) is 0. The Hall–Kier alpha value is -1.10. The lowest BCUT2D eigenvalue weighted by molar-refractivity contribution is 0.357. The molecule has 2 heterocycles. The van der Waals surface area contributed by atoms with Gasteiger partial charge in [-0.25, -0.2) is 0 Å². The van der Waals surface area contributed by atoms with E-state index in [4.69, 9.17) is 20.5 Å². The van der Waals surface area contributed by atoms with E-state index in [1.807, 2.05) is 27.7 Å². The molecule has 0 aromatic carbocycles. The molecule has 0 fully saturated rings. The van der Waals surface area contributed by atoms with Gasteiger partial charge in [0, 0.05) is 17.6 Å². The minimum absolute atomic E-state index is 0.207. The van der Waals surface area contributed by atoms with Gasteiger partial charge in [-0.15, -0.1) is 0 Å². The van der Waals surface area contributed by atoms with Crippen molar-refractivity contribution in [3.63, 3.8) is 0 Å². The first-order valence-corrected chi connectivity index (χ1v) is 9.73. The molecule has 0 aliphatic heterocycles. The summed E-state index contributed by atoms with van der Waals surface area (Å²) in [5.41, 5.74) is 12.1. The summed E-state index contributed by atoms with van der Waals surface area (Å²) in [5, 5.41) is 7.40. The van der Waals surface area contributed by atoms with Gasteiger partial charge in [0.15, 0.2) is 11.6 Å². The van der Waals surface area contributed by atoms with Crippen LogP contribution in [0.1, 0.15) is 74.4 Å². The molecule has 0 saturated carbocycles. The van der Waals surface area contributed by atoms with E-state index in [0.717, 1.165) is 0 Å². The highest BCUT2D eigenvalue weighted by atomic mass is 33.1. The molecule has 0 aliphatic carbocycles. The molecule has 0 unspecified atom stereocenters. The minimum atomic E-state index is -0.402. The third-order valence-corrected chi connectivity index (χ3v) is 5.41. The van der Waals surface area contributed by atoms with Crippen LogP contribution in [0.15, 0.2) is 9.05 Å². The molecule has 2 atom stereocenters. The largest absolute Gasteiger partial charge is 0.338 e. The van der Waals surface area contributed by atoms with Crippen molar-refractivity contribution in [1.82, 2.24) is 20.3 Å². The van der Waals surface area contributed by atoms with Crippen molar-refractivity contribution in [2.75, 3.05) is 5.75 Å². The highest BCUT2D eigenvalue weighted by Gasteiger charge is 2.20. The Bertz CT molecular complexity index is 563. The van der Waals surface area contributed by atoms with E-state index in [1.54, 1.807) is 0 Å². The summed E-state index contributed by atoms with van der Waals surface area (Å²) in [6, 6.07) is -0.339. The summed E-state index contributed by atoms with van der Waals surface area (Å²) in [4.78, 5) is 8.57. The molecule has 23 heavy (non-hydrogen) atoms. The zero-order chi connectivity index (χ0) is 17.0. The van der Waals surface area contributed by atoms with Crippen LogP contribution in [-0.2, 0) is 0 Å². The van der Waals surface area contributed by atoms with Crippen molar-refractivity contribution < 1.29 is 9.05 Å². The van der Waals surface area contributed by atoms with Gasteiger partial charge in [0.05, 0.1) is 6.04 Å². The van der Waals surface area contributed by atoms with E-state index in [2.05, 4.69) is 20.3 Å². The smallest absolute Gasteiger partial charge is 0.254 e. The first-order chi connectivity index (χ1) is 10.9. The van der Waals surface area contributed by atoms with Gasteiger partial charge < -0.3 is 20.5 Å². The quantitative estimate of drug-likeness (QED) is 0.536. The molecule has 4 N–H and O–H groups in total. The van der Waals surface area contributed by atoms with Crippen molar-refractivity contribution >= 4 is 21.6 Å². The lowest BCUT2D eigenvalue weighted by Crippen LogP contribution is -2.14. The molecular formula is C13H22N6O2S2. The molecule has 0 amide bonds. The average molecular weight is 358 g/mol. The van der Waals surface area contributed by atoms with Gasteiger partial charge in [0.1, 0.15) is 5.37 Å². The minimum Gasteiger partial charge on any atom is -0.338 e. The van der Waals surface area contributed by atoms with Crippen LogP contribution in [-0.4, -0.2) is 26.0 Å². The van der Waals surface area contributed by atoms with E-state index in [-0.39, 0.29) is 17.9 Å². The Morgan fingerprint density at radius 2 is 1.43 bits per heavy atom. The first kappa shape index (κ1) is 18.2. The molecule has 8 nitrogen and oxygen atoms in total. The summed E-state index contributed by atoms with van der Waals surface area (Å²) in [6.45, 7) is 7.99. The number of aromatic nitrogens is 4. The van der Waals surface area contributed by atoms with Crippen molar-refractivity contribution in [2.24, 2.45) is 11.5 Å². The zero-order valence-corrected chi connectivity index (χ0v) is 15.2. The normalized spacial score (nSPS) is 14.6. The fourth-order valence-corrected chi connectivity index (χ4v) is 3.58. The molecule has 128 valence electrons. The molecule has 0 saturated heterocycles. The van der Waals surface area contributed by atoms with Crippen LogP contribution in [0.25, 0.3) is 0 Å². The lowest BCUT2D eigenvalue weighted by atomic mass is 10.2. The maximum atomic E-state index is 6.05. The van der Waals surface area contributed by atoms with Crippen LogP contribution in [0.5, 0.6) is 0 Å². The van der Waals surface area contributed by atoms with Gasteiger partial charge in [-0.2, -0.15) is 9.97 Å². The summed E-state index contributed by atoms with van der Waals surface area (Å²) in [5.74, 6) is 3.18. The summed E-state index contributed by atoms with van der Waals surface area (Å²) < 4.78 is 10.3. The molecule has 0 spiro atoms. The van der Waals surface area contributed by atoms with Crippen molar-refractivity contribution in [2.45, 2.75) is 50.9 Å². The van der Waals surface area contributed by atoms with Crippen LogP contribution >= 0.6 is 21.6 Å². The maximum absolute atomic E-state index is 6.05. The van der Waals surface area contributed by atoms with Crippen LogP contribution < -0.4 is 11.5 Å². The number of hydrogen-bond donors (Lipinski definition) is 2. The van der Waals surface area contributed by atoms with Crippen molar-refractivity contribution in [3.8, 4) is 0 Å². The maximum Gasteiger partial charge on any atom is 0.254 e. The highest BCUT2D eigenvalue weighted by Crippen LogP contribution is 2.35. The van der Waals surface area contributed by atoms with Crippen LogP contribution in [0.4, 0.5) is 0 Å². The van der Waals surface area contributed by atoms with Crippen LogP contribution in [0, 0.1) is 0 Å². The summed E-state index contributed by atoms with van der Waals surface area (Å²) >= 11 is 0. The molecule has 0 radical (unpaired) electrons. The fraction of sp³-hybridized carbons (Fsp3) is 0.692. The second-order valence-electron chi connectivity index (χ2n) is 5.70.